The number of hydrogen-bond donors (Lipinski definition) is 2. The van der Waals surface area contributed by atoms with Gasteiger partial charge in [-0.1, -0.05) is 0 Å². The minimum absolute atomic E-state index is 0.0420. The summed E-state index contributed by atoms with van der Waals surface area (Å²) in [5.74, 6) is -0.493. The average Bonchev–Trinajstić information content (AvgIpc) is 3.01. The van der Waals surface area contributed by atoms with Gasteiger partial charge in [0, 0.05) is 30.3 Å². The van der Waals surface area contributed by atoms with Gasteiger partial charge in [-0.25, -0.2) is 0 Å². The van der Waals surface area contributed by atoms with Crippen LogP contribution < -0.4 is 4.84 Å². The van der Waals surface area contributed by atoms with E-state index < -0.39 is 0 Å². The predicted molar refractivity (Wildman–Crippen MR) is 75.9 cm³/mol. The molecule has 0 unspecified atom stereocenters. The molecule has 0 radical (unpaired) electrons. The molecule has 2 aliphatic rings. The summed E-state index contributed by atoms with van der Waals surface area (Å²) >= 11 is 0. The molecule has 1 fully saturated rings. The SMILES string of the molecule is O=C1C=CC(=O)N1C1CCC(COn2c(O)ccc2O)CC1. The molecule has 2 heterocycles. The van der Waals surface area contributed by atoms with Crippen molar-refractivity contribution in [1.29, 1.82) is 0 Å². The van der Waals surface area contributed by atoms with Gasteiger partial charge in [-0.3, -0.25) is 14.5 Å². The summed E-state index contributed by atoms with van der Waals surface area (Å²) in [6.07, 6.45) is 5.77. The normalized spacial score (nSPS) is 25.0. The predicted octanol–water partition coefficient (Wildman–Crippen LogP) is 0.812. The van der Waals surface area contributed by atoms with Crippen LogP contribution in [0.15, 0.2) is 24.3 Å². The minimum atomic E-state index is -0.230. The van der Waals surface area contributed by atoms with E-state index in [0.29, 0.717) is 6.61 Å². The van der Waals surface area contributed by atoms with Gasteiger partial charge in [0.15, 0.2) is 0 Å². The second-order valence-electron chi connectivity index (χ2n) is 5.69. The monoisotopic (exact) mass is 306 g/mol. The van der Waals surface area contributed by atoms with E-state index in [1.807, 2.05) is 0 Å². The highest BCUT2D eigenvalue weighted by Gasteiger charge is 2.34. The molecule has 1 aromatic rings. The molecule has 0 spiro atoms. The summed E-state index contributed by atoms with van der Waals surface area (Å²) in [6, 6.07) is 2.66. The van der Waals surface area contributed by atoms with Crippen molar-refractivity contribution >= 4 is 11.8 Å². The van der Waals surface area contributed by atoms with Gasteiger partial charge in [0.1, 0.15) is 6.61 Å². The number of rotatable bonds is 4. The molecule has 1 aromatic heterocycles. The van der Waals surface area contributed by atoms with Crippen LogP contribution in [0.3, 0.4) is 0 Å². The Bertz CT molecular complexity index is 576. The fourth-order valence-electron chi connectivity index (χ4n) is 3.06. The molecule has 3 rings (SSSR count). The molecule has 1 aliphatic heterocycles. The van der Waals surface area contributed by atoms with Crippen LogP contribution in [0.25, 0.3) is 0 Å². The Morgan fingerprint density at radius 2 is 1.55 bits per heavy atom. The lowest BCUT2D eigenvalue weighted by Gasteiger charge is -2.33. The molecular weight excluding hydrogens is 288 g/mol. The summed E-state index contributed by atoms with van der Waals surface area (Å²) in [4.78, 5) is 30.1. The van der Waals surface area contributed by atoms with E-state index in [9.17, 15) is 19.8 Å². The third kappa shape index (κ3) is 2.66. The maximum absolute atomic E-state index is 11.7. The van der Waals surface area contributed by atoms with Crippen LogP contribution in [0, 0.1) is 5.92 Å². The van der Waals surface area contributed by atoms with Crippen LogP contribution in [0.2, 0.25) is 0 Å². The molecule has 0 aromatic carbocycles. The van der Waals surface area contributed by atoms with E-state index in [2.05, 4.69) is 0 Å². The van der Waals surface area contributed by atoms with Crippen LogP contribution in [0.5, 0.6) is 11.8 Å². The van der Waals surface area contributed by atoms with Gasteiger partial charge in [0.05, 0.1) is 0 Å². The summed E-state index contributed by atoms with van der Waals surface area (Å²) < 4.78 is 0.990. The second kappa shape index (κ2) is 5.75. The second-order valence-corrected chi connectivity index (χ2v) is 5.69. The maximum Gasteiger partial charge on any atom is 0.253 e. The first-order chi connectivity index (χ1) is 10.6. The zero-order chi connectivity index (χ0) is 15.7. The molecule has 7 nitrogen and oxygen atoms in total. The number of aromatic hydroxyl groups is 2. The van der Waals surface area contributed by atoms with Crippen LogP contribution in [0.1, 0.15) is 25.7 Å². The van der Waals surface area contributed by atoms with Gasteiger partial charge in [0.2, 0.25) is 11.8 Å². The Labute approximate surface area is 127 Å². The average molecular weight is 306 g/mol. The zero-order valence-electron chi connectivity index (χ0n) is 12.0. The van der Waals surface area contributed by atoms with Gasteiger partial charge in [-0.15, -0.1) is 4.73 Å². The summed E-state index contributed by atoms with van der Waals surface area (Å²) in [5.41, 5.74) is 0. The summed E-state index contributed by atoms with van der Waals surface area (Å²) in [7, 11) is 0. The molecule has 0 atom stereocenters. The fourth-order valence-corrected chi connectivity index (χ4v) is 3.06. The van der Waals surface area contributed by atoms with E-state index in [4.69, 9.17) is 4.84 Å². The smallest absolute Gasteiger partial charge is 0.253 e. The molecule has 0 bridgehead atoms. The quantitative estimate of drug-likeness (QED) is 0.803. The van der Waals surface area contributed by atoms with Crippen molar-refractivity contribution < 1.29 is 24.6 Å². The largest absolute Gasteiger partial charge is 0.492 e. The number of imide groups is 1. The highest BCUT2D eigenvalue weighted by Crippen LogP contribution is 2.29. The molecule has 1 saturated carbocycles. The molecule has 2 amide bonds. The van der Waals surface area contributed by atoms with Crippen molar-refractivity contribution in [2.45, 2.75) is 31.7 Å². The van der Waals surface area contributed by atoms with Crippen molar-refractivity contribution in [2.24, 2.45) is 5.92 Å². The molecule has 7 heteroatoms. The third-order valence-corrected chi connectivity index (χ3v) is 4.26. The van der Waals surface area contributed by atoms with Crippen LogP contribution in [-0.4, -0.2) is 44.3 Å². The Morgan fingerprint density at radius 1 is 1.00 bits per heavy atom. The topological polar surface area (TPSA) is 92.0 Å². The van der Waals surface area contributed by atoms with Crippen LogP contribution >= 0.6 is 0 Å². The number of aromatic nitrogens is 1. The van der Waals surface area contributed by atoms with Crippen molar-refractivity contribution in [3.63, 3.8) is 0 Å². The number of amides is 2. The van der Waals surface area contributed by atoms with Gasteiger partial charge < -0.3 is 15.1 Å². The first-order valence-corrected chi connectivity index (χ1v) is 7.34. The van der Waals surface area contributed by atoms with E-state index in [1.165, 1.54) is 29.2 Å². The Kier molecular flexibility index (Phi) is 3.79. The van der Waals surface area contributed by atoms with Crippen LogP contribution in [-0.2, 0) is 9.59 Å². The molecular formula is C15H18N2O5. The lowest BCUT2D eigenvalue weighted by Crippen LogP contribution is -2.42. The molecule has 0 saturated heterocycles. The van der Waals surface area contributed by atoms with Gasteiger partial charge in [-0.2, -0.15) is 0 Å². The Balaban J connectivity index is 1.50. The lowest BCUT2D eigenvalue weighted by atomic mass is 9.86. The standard InChI is InChI=1S/C15H18N2O5/c18-12-5-6-13(19)16(12)11-3-1-10(2-4-11)9-22-17-14(20)7-8-15(17)21/h5-8,10-11,20-21H,1-4,9H2. The number of nitrogens with zero attached hydrogens (tertiary/aromatic N) is 2. The first kappa shape index (κ1) is 14.5. The van der Waals surface area contributed by atoms with Crippen molar-refractivity contribution in [3.8, 4) is 11.8 Å². The number of carbonyl (C=O) groups excluding carboxylic acids is 2. The third-order valence-electron chi connectivity index (χ3n) is 4.26. The first-order valence-electron chi connectivity index (χ1n) is 7.34. The summed E-state index contributed by atoms with van der Waals surface area (Å²) in [6.45, 7) is 0.364. The van der Waals surface area contributed by atoms with Crippen molar-refractivity contribution in [1.82, 2.24) is 9.63 Å². The van der Waals surface area contributed by atoms with Crippen molar-refractivity contribution in [2.75, 3.05) is 6.61 Å². The lowest BCUT2D eigenvalue weighted by molar-refractivity contribution is -0.140. The highest BCUT2D eigenvalue weighted by atomic mass is 16.7. The summed E-state index contributed by atoms with van der Waals surface area (Å²) in [5, 5.41) is 19.0. The number of carbonyl (C=O) groups is 2. The van der Waals surface area contributed by atoms with E-state index in [0.717, 1.165) is 30.4 Å². The van der Waals surface area contributed by atoms with Gasteiger partial charge in [0.25, 0.3) is 11.8 Å². The maximum atomic E-state index is 11.7. The zero-order valence-corrected chi connectivity index (χ0v) is 12.0. The van der Waals surface area contributed by atoms with Gasteiger partial charge >= 0.3 is 0 Å². The number of hydrogen-bond acceptors (Lipinski definition) is 5. The van der Waals surface area contributed by atoms with Crippen LogP contribution in [0.4, 0.5) is 0 Å². The van der Waals surface area contributed by atoms with Crippen molar-refractivity contribution in [3.05, 3.63) is 24.3 Å². The van der Waals surface area contributed by atoms with E-state index in [1.54, 1.807) is 0 Å². The Hall–Kier alpha value is -2.44. The van der Waals surface area contributed by atoms with Gasteiger partial charge in [-0.05, 0) is 31.6 Å². The fraction of sp³-hybridized carbons (Fsp3) is 0.467. The van der Waals surface area contributed by atoms with E-state index in [-0.39, 0.29) is 35.5 Å². The van der Waals surface area contributed by atoms with E-state index >= 15 is 0 Å². The Morgan fingerprint density at radius 3 is 2.09 bits per heavy atom. The highest BCUT2D eigenvalue weighted by molar-refractivity contribution is 6.13. The molecule has 22 heavy (non-hydrogen) atoms. The minimum Gasteiger partial charge on any atom is -0.492 e. The molecule has 1 aliphatic carbocycles. The molecule has 2 N–H and O–H groups in total. The molecule has 118 valence electrons.